The first-order chi connectivity index (χ1) is 22.9. The van der Waals surface area contributed by atoms with Gasteiger partial charge in [0, 0.05) is 36.3 Å². The number of ether oxygens (including phenoxy) is 2. The standard InChI is InChI=1S/C36H36N4O5S2/c37-28-6-1-2-7-29(28)39-34(43)11-5-10-33(42)38-26-18-16-25(17-19-26)35-44-27(20-31(45-35)24-14-12-23(21-41)13-15-24)22-46-36-40-30-8-3-4-9-32(30)47-36/h1-4,6-9,12-19,27,31,35,41H,5,10-11,20-22,37H2,(H,38,42)(H,39,43). The third-order valence-corrected chi connectivity index (χ3v) is 10.1. The minimum absolute atomic E-state index is 0.0129. The van der Waals surface area contributed by atoms with Gasteiger partial charge in [0.2, 0.25) is 11.8 Å². The Hall–Kier alpha value is -4.26. The molecule has 47 heavy (non-hydrogen) atoms. The topological polar surface area (TPSA) is 136 Å². The number of hydrogen-bond donors (Lipinski definition) is 4. The maximum Gasteiger partial charge on any atom is 0.224 e. The van der Waals surface area contributed by atoms with Crippen LogP contribution in [0.15, 0.2) is 101 Å². The lowest BCUT2D eigenvalue weighted by molar-refractivity contribution is -0.245. The first-order valence-electron chi connectivity index (χ1n) is 15.5. The molecule has 2 heterocycles. The number of aliphatic hydroxyl groups is 1. The maximum atomic E-state index is 12.6. The Bertz CT molecular complexity index is 1780. The second-order valence-electron chi connectivity index (χ2n) is 11.3. The molecule has 1 aliphatic heterocycles. The van der Waals surface area contributed by atoms with Gasteiger partial charge in [-0.1, -0.05) is 72.4 Å². The Morgan fingerprint density at radius 2 is 1.57 bits per heavy atom. The largest absolute Gasteiger partial charge is 0.397 e. The van der Waals surface area contributed by atoms with Crippen LogP contribution in [0.2, 0.25) is 0 Å². The molecule has 1 fully saturated rings. The first-order valence-corrected chi connectivity index (χ1v) is 17.3. The summed E-state index contributed by atoms with van der Waals surface area (Å²) < 4.78 is 15.1. The third kappa shape index (κ3) is 8.76. The summed E-state index contributed by atoms with van der Waals surface area (Å²) in [7, 11) is 0. The molecule has 0 spiro atoms. The number of amides is 2. The van der Waals surface area contributed by atoms with Crippen LogP contribution in [-0.2, 0) is 25.7 Å². The van der Waals surface area contributed by atoms with E-state index >= 15 is 0 Å². The van der Waals surface area contributed by atoms with E-state index in [1.54, 1.807) is 47.4 Å². The van der Waals surface area contributed by atoms with Crippen LogP contribution in [0.1, 0.15) is 54.8 Å². The van der Waals surface area contributed by atoms with Crippen LogP contribution < -0.4 is 16.4 Å². The van der Waals surface area contributed by atoms with Gasteiger partial charge in [-0.3, -0.25) is 9.59 Å². The number of nitrogens with two attached hydrogens (primary N) is 1. The number of thiazole rings is 1. The van der Waals surface area contributed by atoms with E-state index in [4.69, 9.17) is 20.2 Å². The van der Waals surface area contributed by atoms with E-state index in [1.165, 1.54) is 0 Å². The van der Waals surface area contributed by atoms with Crippen molar-refractivity contribution < 1.29 is 24.2 Å². The van der Waals surface area contributed by atoms with E-state index in [2.05, 4.69) is 16.7 Å². The van der Waals surface area contributed by atoms with Crippen molar-refractivity contribution in [3.8, 4) is 0 Å². The quantitative estimate of drug-likeness (QED) is 0.0795. The van der Waals surface area contributed by atoms with Gasteiger partial charge in [0.25, 0.3) is 0 Å². The molecule has 4 aromatic carbocycles. The van der Waals surface area contributed by atoms with Crippen molar-refractivity contribution in [3.05, 3.63) is 114 Å². The van der Waals surface area contributed by atoms with Gasteiger partial charge in [-0.15, -0.1) is 11.3 Å². The van der Waals surface area contributed by atoms with Crippen LogP contribution in [0.3, 0.4) is 0 Å². The average Bonchev–Trinajstić information content (AvgIpc) is 3.52. The molecule has 0 aliphatic carbocycles. The van der Waals surface area contributed by atoms with Gasteiger partial charge in [-0.25, -0.2) is 4.98 Å². The Morgan fingerprint density at radius 3 is 2.32 bits per heavy atom. The molecule has 242 valence electrons. The number of anilines is 3. The van der Waals surface area contributed by atoms with Gasteiger partial charge in [0.1, 0.15) is 0 Å². The number of carbonyl (C=O) groups is 2. The fraction of sp³-hybridized carbons (Fsp3) is 0.250. The molecular formula is C36H36N4O5S2. The zero-order valence-electron chi connectivity index (χ0n) is 25.6. The lowest BCUT2D eigenvalue weighted by Crippen LogP contribution is -2.31. The highest BCUT2D eigenvalue weighted by Gasteiger charge is 2.32. The smallest absolute Gasteiger partial charge is 0.224 e. The number of fused-ring (bicyclic) bond motifs is 1. The summed E-state index contributed by atoms with van der Waals surface area (Å²) in [5.74, 6) is 0.357. The fourth-order valence-electron chi connectivity index (χ4n) is 5.28. The predicted octanol–water partition coefficient (Wildman–Crippen LogP) is 7.46. The van der Waals surface area contributed by atoms with Gasteiger partial charge < -0.3 is 30.9 Å². The molecule has 0 radical (unpaired) electrons. The highest BCUT2D eigenvalue weighted by atomic mass is 32.2. The third-order valence-electron chi connectivity index (χ3n) is 7.79. The van der Waals surface area contributed by atoms with Crippen molar-refractivity contribution in [2.75, 3.05) is 22.1 Å². The summed E-state index contributed by atoms with van der Waals surface area (Å²) in [6.07, 6.45) is 0.606. The molecule has 9 nitrogen and oxygen atoms in total. The van der Waals surface area contributed by atoms with Crippen LogP contribution in [0.25, 0.3) is 10.2 Å². The number of hydrogen-bond acceptors (Lipinski definition) is 9. The van der Waals surface area contributed by atoms with Crippen molar-refractivity contribution in [1.82, 2.24) is 4.98 Å². The predicted molar refractivity (Wildman–Crippen MR) is 187 cm³/mol. The minimum Gasteiger partial charge on any atom is -0.397 e. The van der Waals surface area contributed by atoms with Crippen molar-refractivity contribution in [2.24, 2.45) is 0 Å². The second kappa shape index (κ2) is 15.6. The lowest BCUT2D eigenvalue weighted by Gasteiger charge is -2.36. The maximum absolute atomic E-state index is 12.6. The van der Waals surface area contributed by atoms with Crippen LogP contribution in [-0.4, -0.2) is 33.8 Å². The van der Waals surface area contributed by atoms with Gasteiger partial charge >= 0.3 is 0 Å². The highest BCUT2D eigenvalue weighted by Crippen LogP contribution is 2.40. The molecule has 3 unspecified atom stereocenters. The van der Waals surface area contributed by atoms with E-state index in [0.29, 0.717) is 29.9 Å². The summed E-state index contributed by atoms with van der Waals surface area (Å²) in [6.45, 7) is -0.0129. The molecule has 1 aromatic heterocycles. The number of aliphatic hydroxyl groups excluding tert-OH is 1. The molecular weight excluding hydrogens is 633 g/mol. The number of nitrogens with one attached hydrogen (secondary N) is 2. The summed E-state index contributed by atoms with van der Waals surface area (Å²) in [5.41, 5.74) is 11.3. The Kier molecular flexibility index (Phi) is 10.8. The van der Waals surface area contributed by atoms with E-state index in [0.717, 1.165) is 37.0 Å². The number of thioether (sulfide) groups is 1. The van der Waals surface area contributed by atoms with Crippen LogP contribution in [0, 0.1) is 0 Å². The Morgan fingerprint density at radius 1 is 0.872 bits per heavy atom. The molecule has 0 saturated carbocycles. The van der Waals surface area contributed by atoms with Gasteiger partial charge in [0.05, 0.1) is 40.4 Å². The number of nitrogen functional groups attached to an aromatic ring is 1. The second-order valence-corrected chi connectivity index (χ2v) is 13.6. The number of para-hydroxylation sites is 3. The molecule has 1 saturated heterocycles. The monoisotopic (exact) mass is 668 g/mol. The normalized spacial score (nSPS) is 17.8. The zero-order chi connectivity index (χ0) is 32.6. The van der Waals surface area contributed by atoms with Crippen LogP contribution in [0.5, 0.6) is 0 Å². The number of nitrogens with zero attached hydrogens (tertiary/aromatic N) is 1. The molecule has 2 amide bonds. The lowest BCUT2D eigenvalue weighted by atomic mass is 10.0. The molecule has 6 rings (SSSR count). The van der Waals surface area contributed by atoms with Crippen LogP contribution >= 0.6 is 23.1 Å². The van der Waals surface area contributed by atoms with Crippen molar-refractivity contribution >= 4 is 62.2 Å². The molecule has 5 N–H and O–H groups in total. The molecule has 3 atom stereocenters. The van der Waals surface area contributed by atoms with Crippen molar-refractivity contribution in [3.63, 3.8) is 0 Å². The van der Waals surface area contributed by atoms with Crippen molar-refractivity contribution in [1.29, 1.82) is 0 Å². The zero-order valence-corrected chi connectivity index (χ0v) is 27.3. The van der Waals surface area contributed by atoms with Crippen LogP contribution in [0.4, 0.5) is 17.1 Å². The van der Waals surface area contributed by atoms with E-state index in [9.17, 15) is 14.7 Å². The van der Waals surface area contributed by atoms with E-state index in [1.807, 2.05) is 66.7 Å². The summed E-state index contributed by atoms with van der Waals surface area (Å²) in [5, 5.41) is 15.2. The molecule has 0 bridgehead atoms. The summed E-state index contributed by atoms with van der Waals surface area (Å²) in [6, 6.07) is 30.5. The summed E-state index contributed by atoms with van der Waals surface area (Å²) in [4.78, 5) is 29.6. The van der Waals surface area contributed by atoms with Gasteiger partial charge in [-0.05, 0) is 53.9 Å². The minimum atomic E-state index is -0.603. The molecule has 11 heteroatoms. The first kappa shape index (κ1) is 32.7. The number of carbonyl (C=O) groups excluding carboxylic acids is 2. The molecule has 5 aromatic rings. The van der Waals surface area contributed by atoms with Gasteiger partial charge in [-0.2, -0.15) is 0 Å². The Labute approximate surface area is 281 Å². The Balaban J connectivity index is 1.06. The summed E-state index contributed by atoms with van der Waals surface area (Å²) >= 11 is 3.37. The number of rotatable bonds is 12. The molecule has 1 aliphatic rings. The average molecular weight is 669 g/mol. The SMILES string of the molecule is Nc1ccccc1NC(=O)CCCC(=O)Nc1ccc(C2OC(CSc3nc4ccccc4s3)CC(c3ccc(CO)cc3)O2)cc1. The van der Waals surface area contributed by atoms with E-state index < -0.39 is 6.29 Å². The highest BCUT2D eigenvalue weighted by molar-refractivity contribution is 8.01. The fourth-order valence-corrected chi connectivity index (χ4v) is 7.39. The van der Waals surface area contributed by atoms with Crippen molar-refractivity contribution in [2.45, 2.75) is 55.1 Å². The number of benzene rings is 4. The number of aromatic nitrogens is 1. The van der Waals surface area contributed by atoms with E-state index in [-0.39, 0.29) is 43.5 Å². The van der Waals surface area contributed by atoms with Gasteiger partial charge in [0.15, 0.2) is 10.6 Å².